The fraction of sp³-hybridized carbons (Fsp3) is 0.550. The number of likely N-dealkylation sites (tertiary alicyclic amines) is 1. The van der Waals surface area contributed by atoms with Gasteiger partial charge in [0.1, 0.15) is 0 Å². The highest BCUT2D eigenvalue weighted by Crippen LogP contribution is 2.57. The molecule has 2 aliphatic rings. The van der Waals surface area contributed by atoms with E-state index in [9.17, 15) is 9.59 Å². The van der Waals surface area contributed by atoms with Crippen LogP contribution in [0.4, 0.5) is 0 Å². The van der Waals surface area contributed by atoms with Crippen molar-refractivity contribution in [1.29, 1.82) is 0 Å². The number of thiophene rings is 1. The summed E-state index contributed by atoms with van der Waals surface area (Å²) in [5.41, 5.74) is 2.37. The van der Waals surface area contributed by atoms with Crippen molar-refractivity contribution in [1.82, 2.24) is 19.4 Å². The van der Waals surface area contributed by atoms with Crippen LogP contribution < -0.4 is 0 Å². The minimum absolute atomic E-state index is 0.151. The maximum atomic E-state index is 12.6. The van der Waals surface area contributed by atoms with Gasteiger partial charge in [0, 0.05) is 51.5 Å². The monoisotopic (exact) mass is 386 g/mol. The van der Waals surface area contributed by atoms with E-state index < -0.39 is 0 Å². The number of nitrogens with zero attached hydrogens (tertiary/aromatic N) is 4. The van der Waals surface area contributed by atoms with Crippen molar-refractivity contribution in [3.63, 3.8) is 0 Å². The van der Waals surface area contributed by atoms with Gasteiger partial charge in [0.2, 0.25) is 11.8 Å². The van der Waals surface area contributed by atoms with Crippen molar-refractivity contribution in [2.45, 2.75) is 45.2 Å². The topological polar surface area (TPSA) is 58.4 Å². The minimum Gasteiger partial charge on any atom is -0.342 e. The second kappa shape index (κ2) is 7.11. The maximum Gasteiger partial charge on any atom is 0.228 e. The van der Waals surface area contributed by atoms with Gasteiger partial charge in [-0.25, -0.2) is 4.98 Å². The lowest BCUT2D eigenvalue weighted by Gasteiger charge is -2.34. The normalized spacial score (nSPS) is 20.7. The van der Waals surface area contributed by atoms with Gasteiger partial charge in [-0.05, 0) is 47.1 Å². The highest BCUT2D eigenvalue weighted by molar-refractivity contribution is 7.07. The Balaban J connectivity index is 1.34. The highest BCUT2D eigenvalue weighted by Gasteiger charge is 2.58. The minimum atomic E-state index is 0.151. The zero-order valence-electron chi connectivity index (χ0n) is 15.9. The molecule has 1 atom stereocenters. The lowest BCUT2D eigenvalue weighted by atomic mass is 9.92. The SMILES string of the molecule is CC(=O)N(Cc1ccsc1)C1CC12CCN(C(=O)Cc1cncn1C)CC2. The summed E-state index contributed by atoms with van der Waals surface area (Å²) >= 11 is 1.67. The molecule has 4 rings (SSSR count). The first kappa shape index (κ1) is 18.2. The predicted octanol–water partition coefficient (Wildman–Crippen LogP) is 2.45. The zero-order valence-corrected chi connectivity index (χ0v) is 16.7. The molecule has 2 amide bonds. The molecule has 2 fully saturated rings. The van der Waals surface area contributed by atoms with Crippen LogP contribution in [0.25, 0.3) is 0 Å². The third-order valence-corrected chi connectivity index (χ3v) is 6.95. The summed E-state index contributed by atoms with van der Waals surface area (Å²) in [6.45, 7) is 3.95. The van der Waals surface area contributed by atoms with Crippen molar-refractivity contribution in [2.24, 2.45) is 12.5 Å². The third kappa shape index (κ3) is 3.65. The van der Waals surface area contributed by atoms with Gasteiger partial charge in [-0.2, -0.15) is 11.3 Å². The van der Waals surface area contributed by atoms with Gasteiger partial charge in [0.05, 0.1) is 12.7 Å². The summed E-state index contributed by atoms with van der Waals surface area (Å²) in [5, 5.41) is 4.17. The van der Waals surface area contributed by atoms with E-state index in [0.717, 1.165) is 38.0 Å². The Morgan fingerprint density at radius 2 is 2.15 bits per heavy atom. The summed E-state index contributed by atoms with van der Waals surface area (Å²) in [5.74, 6) is 0.324. The molecule has 144 valence electrons. The second-order valence-electron chi connectivity index (χ2n) is 7.91. The van der Waals surface area contributed by atoms with Crippen molar-refractivity contribution in [3.8, 4) is 0 Å². The van der Waals surface area contributed by atoms with Crippen LogP contribution in [0.1, 0.15) is 37.4 Å². The Kier molecular flexibility index (Phi) is 4.80. The molecule has 0 N–H and O–H groups in total. The van der Waals surface area contributed by atoms with E-state index in [2.05, 4.69) is 21.8 Å². The molecule has 2 aromatic rings. The first-order valence-electron chi connectivity index (χ1n) is 9.50. The molecule has 7 heteroatoms. The number of amides is 2. The number of hydrogen-bond donors (Lipinski definition) is 0. The number of rotatable bonds is 5. The van der Waals surface area contributed by atoms with Crippen molar-refractivity contribution in [2.75, 3.05) is 13.1 Å². The largest absolute Gasteiger partial charge is 0.342 e. The second-order valence-corrected chi connectivity index (χ2v) is 8.69. The van der Waals surface area contributed by atoms with E-state index in [-0.39, 0.29) is 17.2 Å². The summed E-state index contributed by atoms with van der Waals surface area (Å²) in [7, 11) is 1.92. The molecule has 0 radical (unpaired) electrons. The smallest absolute Gasteiger partial charge is 0.228 e. The van der Waals surface area contributed by atoms with Gasteiger partial charge in [0.25, 0.3) is 0 Å². The number of hydrogen-bond acceptors (Lipinski definition) is 4. The van der Waals surface area contributed by atoms with Crippen molar-refractivity contribution >= 4 is 23.2 Å². The van der Waals surface area contributed by atoms with Gasteiger partial charge in [-0.1, -0.05) is 0 Å². The van der Waals surface area contributed by atoms with E-state index in [1.54, 1.807) is 30.8 Å². The van der Waals surface area contributed by atoms with Gasteiger partial charge >= 0.3 is 0 Å². The lowest BCUT2D eigenvalue weighted by Crippen LogP contribution is -2.43. The molecule has 2 aromatic heterocycles. The third-order valence-electron chi connectivity index (χ3n) is 6.22. The Morgan fingerprint density at radius 1 is 1.37 bits per heavy atom. The summed E-state index contributed by atoms with van der Waals surface area (Å²) in [4.78, 5) is 32.9. The molecule has 0 aromatic carbocycles. The number of aromatic nitrogens is 2. The number of piperidine rings is 1. The van der Waals surface area contributed by atoms with Crippen LogP contribution in [0.15, 0.2) is 29.4 Å². The zero-order chi connectivity index (χ0) is 19.0. The number of imidazole rings is 1. The average Bonchev–Trinajstić information content (AvgIpc) is 3.00. The number of carbonyl (C=O) groups is 2. The molecule has 1 aliphatic heterocycles. The van der Waals surface area contributed by atoms with E-state index in [0.29, 0.717) is 19.0 Å². The summed E-state index contributed by atoms with van der Waals surface area (Å²) in [6, 6.07) is 2.42. The van der Waals surface area contributed by atoms with Crippen LogP contribution in [0.3, 0.4) is 0 Å². The van der Waals surface area contributed by atoms with Crippen LogP contribution in [0, 0.1) is 5.41 Å². The van der Waals surface area contributed by atoms with E-state index in [1.807, 2.05) is 21.4 Å². The quantitative estimate of drug-likeness (QED) is 0.793. The maximum absolute atomic E-state index is 12.6. The van der Waals surface area contributed by atoms with Crippen LogP contribution in [-0.4, -0.2) is 50.3 Å². The standard InChI is InChI=1S/C20H26N4O2S/c1-15(25)24(12-16-3-8-27-13-16)18-10-20(18)4-6-23(7-5-20)19(26)9-17-11-21-14-22(17)2/h3,8,11,13-14,18H,4-7,9-10,12H2,1-2H3. The average molecular weight is 387 g/mol. The molecule has 1 saturated carbocycles. The van der Waals surface area contributed by atoms with Gasteiger partial charge in [-0.3, -0.25) is 9.59 Å². The first-order chi connectivity index (χ1) is 13.0. The molecule has 0 bridgehead atoms. The molecule has 6 nitrogen and oxygen atoms in total. The van der Waals surface area contributed by atoms with Gasteiger partial charge < -0.3 is 14.4 Å². The molecular formula is C20H26N4O2S. The Bertz CT molecular complexity index is 821. The van der Waals surface area contributed by atoms with Crippen LogP contribution >= 0.6 is 11.3 Å². The molecule has 1 saturated heterocycles. The van der Waals surface area contributed by atoms with Crippen molar-refractivity contribution in [3.05, 3.63) is 40.6 Å². The molecule has 1 spiro atoms. The fourth-order valence-corrected chi connectivity index (χ4v) is 5.01. The molecule has 1 unspecified atom stereocenters. The van der Waals surface area contributed by atoms with E-state index in [4.69, 9.17) is 0 Å². The summed E-state index contributed by atoms with van der Waals surface area (Å²) in [6.07, 6.45) is 6.94. The van der Waals surface area contributed by atoms with E-state index >= 15 is 0 Å². The first-order valence-corrected chi connectivity index (χ1v) is 10.4. The van der Waals surface area contributed by atoms with Crippen LogP contribution in [-0.2, 0) is 29.6 Å². The predicted molar refractivity (Wildman–Crippen MR) is 104 cm³/mol. The van der Waals surface area contributed by atoms with Gasteiger partial charge in [0.15, 0.2) is 0 Å². The highest BCUT2D eigenvalue weighted by atomic mass is 32.1. The number of carbonyl (C=O) groups excluding carboxylic acids is 2. The number of aryl methyl sites for hydroxylation is 1. The van der Waals surface area contributed by atoms with Crippen molar-refractivity contribution < 1.29 is 9.59 Å². The fourth-order valence-electron chi connectivity index (χ4n) is 4.35. The summed E-state index contributed by atoms with van der Waals surface area (Å²) < 4.78 is 1.90. The Morgan fingerprint density at radius 3 is 2.74 bits per heavy atom. The Hall–Kier alpha value is -2.15. The Labute approximate surface area is 163 Å². The van der Waals surface area contributed by atoms with Crippen LogP contribution in [0.5, 0.6) is 0 Å². The lowest BCUT2D eigenvalue weighted by molar-refractivity contribution is -0.134. The molecule has 3 heterocycles. The molecule has 27 heavy (non-hydrogen) atoms. The van der Waals surface area contributed by atoms with Gasteiger partial charge in [-0.15, -0.1) is 0 Å². The molecule has 1 aliphatic carbocycles. The van der Waals surface area contributed by atoms with Crippen LogP contribution in [0.2, 0.25) is 0 Å². The molecular weight excluding hydrogens is 360 g/mol. The van der Waals surface area contributed by atoms with E-state index in [1.165, 1.54) is 5.56 Å².